The number of hydrogen-bond acceptors (Lipinski definition) is 6. The first-order valence-corrected chi connectivity index (χ1v) is 12.6. The summed E-state index contributed by atoms with van der Waals surface area (Å²) in [6.45, 7) is 2.46. The molecule has 5 nitrogen and oxygen atoms in total. The average molecular weight is 454 g/mol. The Morgan fingerprint density at radius 1 is 0.968 bits per heavy atom. The third-order valence-corrected chi connectivity index (χ3v) is 7.31. The summed E-state index contributed by atoms with van der Waals surface area (Å²) in [5, 5.41) is 4.56. The van der Waals surface area contributed by atoms with Gasteiger partial charge in [0.15, 0.2) is 21.3 Å². The van der Waals surface area contributed by atoms with Crippen molar-refractivity contribution in [1.82, 2.24) is 4.98 Å². The highest BCUT2D eigenvalue weighted by Gasteiger charge is 2.18. The summed E-state index contributed by atoms with van der Waals surface area (Å²) in [6, 6.07) is 19.2. The van der Waals surface area contributed by atoms with Crippen molar-refractivity contribution in [2.24, 2.45) is 0 Å². The van der Waals surface area contributed by atoms with Gasteiger partial charge in [-0.1, -0.05) is 42.5 Å². The highest BCUT2D eigenvalue weighted by atomic mass is 32.2. The Kier molecular flexibility index (Phi) is 6.25. The van der Waals surface area contributed by atoms with Crippen molar-refractivity contribution >= 4 is 31.9 Å². The molecule has 3 aromatic carbocycles. The van der Waals surface area contributed by atoms with Crippen LogP contribution in [0.25, 0.3) is 21.3 Å². The maximum absolute atomic E-state index is 12.9. The molecular formula is C24H23NO4S2. The van der Waals surface area contributed by atoms with Crippen LogP contribution in [-0.2, 0) is 21.3 Å². The molecule has 0 amide bonds. The Hall–Kier alpha value is -2.90. The molecule has 160 valence electrons. The second-order valence-corrected chi connectivity index (χ2v) is 10.0. The van der Waals surface area contributed by atoms with Crippen molar-refractivity contribution in [3.63, 3.8) is 0 Å². The SMILES string of the molecule is CCOc1ccc(-c2nc(CS(=O)(=O)Cc3cccc4ccccc34)cs2)cc1OC. The molecule has 1 aromatic heterocycles. The van der Waals surface area contributed by atoms with Crippen molar-refractivity contribution in [3.8, 4) is 22.1 Å². The van der Waals surface area contributed by atoms with Gasteiger partial charge in [-0.15, -0.1) is 11.3 Å². The van der Waals surface area contributed by atoms with Crippen molar-refractivity contribution in [1.29, 1.82) is 0 Å². The molecule has 31 heavy (non-hydrogen) atoms. The van der Waals surface area contributed by atoms with Gasteiger partial charge in [0.1, 0.15) is 5.01 Å². The van der Waals surface area contributed by atoms with Crippen LogP contribution in [0.5, 0.6) is 11.5 Å². The Labute approximate surface area is 186 Å². The van der Waals surface area contributed by atoms with Crippen LogP contribution in [0, 0.1) is 0 Å². The minimum absolute atomic E-state index is 0.0158. The van der Waals surface area contributed by atoms with Crippen LogP contribution in [0.4, 0.5) is 0 Å². The number of hydrogen-bond donors (Lipinski definition) is 0. The number of methoxy groups -OCH3 is 1. The first-order valence-electron chi connectivity index (χ1n) is 9.92. The lowest BCUT2D eigenvalue weighted by molar-refractivity contribution is 0.311. The second kappa shape index (κ2) is 9.08. The minimum atomic E-state index is -3.38. The van der Waals surface area contributed by atoms with Gasteiger partial charge >= 0.3 is 0 Å². The topological polar surface area (TPSA) is 65.5 Å². The standard InChI is InChI=1S/C24H23NO4S2/c1-3-29-22-12-11-18(13-23(22)28-2)24-25-20(14-30-24)16-31(26,27)15-19-9-6-8-17-7-4-5-10-21(17)19/h4-14H,3,15-16H2,1-2H3. The smallest absolute Gasteiger partial charge is 0.161 e. The van der Waals surface area contributed by atoms with E-state index in [4.69, 9.17) is 9.47 Å². The van der Waals surface area contributed by atoms with E-state index in [0.29, 0.717) is 23.8 Å². The number of aromatic nitrogens is 1. The third-order valence-electron chi connectivity index (χ3n) is 4.89. The summed E-state index contributed by atoms with van der Waals surface area (Å²) in [5.74, 6) is 1.18. The van der Waals surface area contributed by atoms with Crippen molar-refractivity contribution in [3.05, 3.63) is 77.3 Å². The predicted molar refractivity (Wildman–Crippen MR) is 126 cm³/mol. The summed E-state index contributed by atoms with van der Waals surface area (Å²) in [4.78, 5) is 4.56. The summed E-state index contributed by atoms with van der Waals surface area (Å²) < 4.78 is 36.8. The molecule has 0 fully saturated rings. The molecule has 0 unspecified atom stereocenters. The summed E-state index contributed by atoms with van der Waals surface area (Å²) >= 11 is 1.42. The number of nitrogens with zero attached hydrogens (tertiary/aromatic N) is 1. The lowest BCUT2D eigenvalue weighted by Gasteiger charge is -2.10. The lowest BCUT2D eigenvalue weighted by Crippen LogP contribution is -2.08. The van der Waals surface area contributed by atoms with E-state index in [1.54, 1.807) is 12.5 Å². The van der Waals surface area contributed by atoms with E-state index in [1.165, 1.54) is 11.3 Å². The van der Waals surface area contributed by atoms with Crippen molar-refractivity contribution < 1.29 is 17.9 Å². The molecular weight excluding hydrogens is 430 g/mol. The Balaban J connectivity index is 1.54. The van der Waals surface area contributed by atoms with Gasteiger partial charge in [-0.3, -0.25) is 0 Å². The Morgan fingerprint density at radius 2 is 1.77 bits per heavy atom. The van der Waals surface area contributed by atoms with Crippen molar-refractivity contribution in [2.75, 3.05) is 13.7 Å². The maximum Gasteiger partial charge on any atom is 0.161 e. The summed E-state index contributed by atoms with van der Waals surface area (Å²) in [7, 11) is -1.78. The molecule has 0 radical (unpaired) electrons. The van der Waals surface area contributed by atoms with E-state index < -0.39 is 9.84 Å². The zero-order valence-electron chi connectivity index (χ0n) is 17.4. The van der Waals surface area contributed by atoms with Gasteiger partial charge in [0.25, 0.3) is 0 Å². The molecule has 0 aliphatic rings. The molecule has 0 saturated heterocycles. The Morgan fingerprint density at radius 3 is 2.58 bits per heavy atom. The van der Waals surface area contributed by atoms with Gasteiger partial charge < -0.3 is 9.47 Å². The van der Waals surface area contributed by atoms with Gasteiger partial charge in [0.2, 0.25) is 0 Å². The highest BCUT2D eigenvalue weighted by molar-refractivity contribution is 7.89. The first kappa shape index (κ1) is 21.3. The fraction of sp³-hybridized carbons (Fsp3) is 0.208. The predicted octanol–water partition coefficient (Wildman–Crippen LogP) is 5.49. The first-order chi connectivity index (χ1) is 15.0. The number of thiazole rings is 1. The van der Waals surface area contributed by atoms with E-state index >= 15 is 0 Å². The van der Waals surface area contributed by atoms with E-state index in [0.717, 1.165) is 26.9 Å². The van der Waals surface area contributed by atoms with Gasteiger partial charge in [-0.05, 0) is 41.5 Å². The van der Waals surface area contributed by atoms with Crippen molar-refractivity contribution in [2.45, 2.75) is 18.4 Å². The molecule has 0 N–H and O–H groups in total. The summed E-state index contributed by atoms with van der Waals surface area (Å²) in [6.07, 6.45) is 0. The maximum atomic E-state index is 12.9. The number of sulfone groups is 1. The number of rotatable bonds is 8. The summed E-state index contributed by atoms with van der Waals surface area (Å²) in [5.41, 5.74) is 2.22. The fourth-order valence-electron chi connectivity index (χ4n) is 3.51. The zero-order valence-corrected chi connectivity index (χ0v) is 19.0. The quantitative estimate of drug-likeness (QED) is 0.353. The van der Waals surface area contributed by atoms with Crippen LogP contribution in [0.2, 0.25) is 0 Å². The van der Waals surface area contributed by atoms with Gasteiger partial charge in [-0.25, -0.2) is 13.4 Å². The van der Waals surface area contributed by atoms with Gasteiger partial charge in [0, 0.05) is 10.9 Å². The van der Waals surface area contributed by atoms with Crippen LogP contribution >= 0.6 is 11.3 Å². The molecule has 7 heteroatoms. The molecule has 0 bridgehead atoms. The average Bonchev–Trinajstić information content (AvgIpc) is 3.22. The largest absolute Gasteiger partial charge is 0.493 e. The number of ether oxygens (including phenoxy) is 2. The molecule has 4 aromatic rings. The van der Waals surface area contributed by atoms with Crippen LogP contribution in [0.3, 0.4) is 0 Å². The van der Waals surface area contributed by atoms with E-state index in [9.17, 15) is 8.42 Å². The van der Waals surface area contributed by atoms with Crippen LogP contribution < -0.4 is 9.47 Å². The molecule has 0 atom stereocenters. The van der Waals surface area contributed by atoms with E-state index in [-0.39, 0.29) is 11.5 Å². The molecule has 0 saturated carbocycles. The molecule has 0 spiro atoms. The normalized spacial score (nSPS) is 11.5. The lowest BCUT2D eigenvalue weighted by atomic mass is 10.1. The second-order valence-electron chi connectivity index (χ2n) is 7.11. The van der Waals surface area contributed by atoms with Crippen LogP contribution in [0.15, 0.2) is 66.0 Å². The molecule has 0 aliphatic heterocycles. The van der Waals surface area contributed by atoms with Crippen LogP contribution in [0.1, 0.15) is 18.2 Å². The Bertz CT molecular complexity index is 1310. The highest BCUT2D eigenvalue weighted by Crippen LogP contribution is 2.34. The molecule has 0 aliphatic carbocycles. The fourth-order valence-corrected chi connectivity index (χ4v) is 5.86. The number of benzene rings is 3. The van der Waals surface area contributed by atoms with E-state index in [1.807, 2.05) is 67.6 Å². The molecule has 4 rings (SSSR count). The third kappa shape index (κ3) is 4.89. The van der Waals surface area contributed by atoms with Gasteiger partial charge in [0.05, 0.1) is 30.9 Å². The molecule has 1 heterocycles. The zero-order chi connectivity index (χ0) is 21.8. The van der Waals surface area contributed by atoms with Crippen LogP contribution in [-0.4, -0.2) is 27.1 Å². The number of fused-ring (bicyclic) bond motifs is 1. The van der Waals surface area contributed by atoms with E-state index in [2.05, 4.69) is 4.98 Å². The monoisotopic (exact) mass is 453 g/mol. The van der Waals surface area contributed by atoms with Gasteiger partial charge in [-0.2, -0.15) is 0 Å². The minimum Gasteiger partial charge on any atom is -0.493 e.